The Morgan fingerprint density at radius 3 is 2.76 bits per heavy atom. The molecule has 4 rings (SSSR count). The van der Waals surface area contributed by atoms with Crippen LogP contribution in [0, 0.1) is 18.3 Å². The fourth-order valence-electron chi connectivity index (χ4n) is 2.42. The van der Waals surface area contributed by atoms with Crippen molar-refractivity contribution in [3.8, 4) is 17.3 Å². The molecule has 0 spiro atoms. The minimum Gasteiger partial charge on any atom is -0.288 e. The third-order valence-electron chi connectivity index (χ3n) is 3.38. The van der Waals surface area contributed by atoms with Gasteiger partial charge in [-0.3, -0.25) is 4.79 Å². The van der Waals surface area contributed by atoms with Crippen LogP contribution < -0.4 is 5.43 Å². The molecule has 2 aromatic rings. The Labute approximate surface area is 122 Å². The highest BCUT2D eigenvalue weighted by Gasteiger charge is 2.22. The predicted octanol–water partition coefficient (Wildman–Crippen LogP) is 1.98. The summed E-state index contributed by atoms with van der Waals surface area (Å²) in [5, 5.41) is 23.2. The van der Waals surface area contributed by atoms with Crippen LogP contribution in [0.5, 0.6) is 0 Å². The second kappa shape index (κ2) is 4.07. The molecule has 1 aromatic heterocycles. The Bertz CT molecular complexity index is 1090. The first-order valence-corrected chi connectivity index (χ1v) is 7.00. The number of hydrogen-bond acceptors (Lipinski definition) is 6. The van der Waals surface area contributed by atoms with Crippen LogP contribution >= 0.6 is 11.3 Å². The van der Waals surface area contributed by atoms with Crippen molar-refractivity contribution in [3.63, 3.8) is 0 Å². The van der Waals surface area contributed by atoms with Crippen LogP contribution in [-0.4, -0.2) is 19.8 Å². The zero-order chi connectivity index (χ0) is 14.6. The first-order valence-electron chi connectivity index (χ1n) is 6.18. The van der Waals surface area contributed by atoms with E-state index < -0.39 is 0 Å². The predicted molar refractivity (Wildman–Crippen MR) is 78.5 cm³/mol. The van der Waals surface area contributed by atoms with Gasteiger partial charge < -0.3 is 0 Å². The maximum Gasteiger partial charge on any atom is 0.234 e. The molecule has 0 amide bonds. The molecule has 0 radical (unpaired) electrons. The molecular weight excluding hydrogens is 286 g/mol. The number of aryl methyl sites for hydroxylation is 1. The molecule has 1 aromatic carbocycles. The molecule has 0 saturated heterocycles. The minimum absolute atomic E-state index is 0.162. The van der Waals surface area contributed by atoms with Crippen LogP contribution in [0.25, 0.3) is 27.0 Å². The van der Waals surface area contributed by atoms with Gasteiger partial charge in [-0.15, -0.1) is 10.2 Å². The summed E-state index contributed by atoms with van der Waals surface area (Å²) in [7, 11) is 0. The van der Waals surface area contributed by atoms with Gasteiger partial charge in [0.1, 0.15) is 16.6 Å². The summed E-state index contributed by atoms with van der Waals surface area (Å²) in [6.07, 6.45) is 0. The molecule has 2 heterocycles. The third kappa shape index (κ3) is 1.50. The van der Waals surface area contributed by atoms with Crippen molar-refractivity contribution in [2.24, 2.45) is 0 Å². The molecular formula is C14H7N5OS. The summed E-state index contributed by atoms with van der Waals surface area (Å²) in [6.45, 7) is 1.78. The maximum atomic E-state index is 12.6. The molecule has 0 saturated carbocycles. The molecule has 0 atom stereocenters. The second-order valence-corrected chi connectivity index (χ2v) is 5.56. The molecule has 7 heteroatoms. The fraction of sp³-hybridized carbons (Fsp3) is 0.0714. The lowest BCUT2D eigenvalue weighted by molar-refractivity contribution is 0.891. The molecule has 2 aliphatic rings. The number of rotatable bonds is 0. The van der Waals surface area contributed by atoms with E-state index in [-0.39, 0.29) is 5.43 Å². The SMILES string of the molecule is Cc1nnc2sc(C#N)c3c(=O)c4ccccc4c-3nn12. The van der Waals surface area contributed by atoms with Crippen LogP contribution in [0.15, 0.2) is 29.1 Å². The van der Waals surface area contributed by atoms with E-state index in [2.05, 4.69) is 21.4 Å². The summed E-state index contributed by atoms with van der Waals surface area (Å²) >= 11 is 1.12. The number of nitrogens with zero attached hydrogens (tertiary/aromatic N) is 5. The summed E-state index contributed by atoms with van der Waals surface area (Å²) in [5.41, 5.74) is 0.708. The van der Waals surface area contributed by atoms with Crippen molar-refractivity contribution >= 4 is 27.1 Å². The topological polar surface area (TPSA) is 83.9 Å². The normalized spacial score (nSPS) is 11.2. The van der Waals surface area contributed by atoms with Crippen LogP contribution in [0.2, 0.25) is 0 Å². The summed E-state index contributed by atoms with van der Waals surface area (Å²) in [6, 6.07) is 9.33. The summed E-state index contributed by atoms with van der Waals surface area (Å²) in [5.74, 6) is 0.611. The quantitative estimate of drug-likeness (QED) is 0.495. The lowest BCUT2D eigenvalue weighted by Gasteiger charge is -1.93. The molecule has 6 nitrogen and oxygen atoms in total. The Balaban J connectivity index is 2.37. The molecule has 0 unspecified atom stereocenters. The standard InChI is InChI=1S/C14H7N5OS/c1-7-16-17-14-19(7)18-12-8-4-2-3-5-9(8)13(20)11(12)10(6-15)21-14/h2-5H,1H3. The third-order valence-corrected chi connectivity index (χ3v) is 4.32. The summed E-state index contributed by atoms with van der Waals surface area (Å²) < 4.78 is 1.57. The largest absolute Gasteiger partial charge is 0.288 e. The van der Waals surface area contributed by atoms with E-state index in [1.807, 2.05) is 12.1 Å². The van der Waals surface area contributed by atoms with E-state index in [0.29, 0.717) is 32.3 Å². The molecule has 21 heavy (non-hydrogen) atoms. The van der Waals surface area contributed by atoms with E-state index in [1.165, 1.54) is 0 Å². The van der Waals surface area contributed by atoms with Crippen molar-refractivity contribution in [1.82, 2.24) is 19.8 Å². The van der Waals surface area contributed by atoms with Gasteiger partial charge in [-0.25, -0.2) is 0 Å². The minimum atomic E-state index is -0.162. The van der Waals surface area contributed by atoms with Gasteiger partial charge in [0.15, 0.2) is 11.3 Å². The smallest absolute Gasteiger partial charge is 0.234 e. The lowest BCUT2D eigenvalue weighted by atomic mass is 10.2. The van der Waals surface area contributed by atoms with Crippen LogP contribution in [0.4, 0.5) is 0 Å². The van der Waals surface area contributed by atoms with Gasteiger partial charge in [0.25, 0.3) is 0 Å². The van der Waals surface area contributed by atoms with E-state index in [4.69, 9.17) is 0 Å². The molecule has 0 fully saturated rings. The molecule has 0 N–H and O–H groups in total. The van der Waals surface area contributed by atoms with E-state index >= 15 is 0 Å². The van der Waals surface area contributed by atoms with Gasteiger partial charge in [0.2, 0.25) is 4.96 Å². The Kier molecular flexibility index (Phi) is 2.31. The Hall–Kier alpha value is -2.85. The molecule has 100 valence electrons. The van der Waals surface area contributed by atoms with Crippen molar-refractivity contribution in [1.29, 1.82) is 5.26 Å². The van der Waals surface area contributed by atoms with Gasteiger partial charge in [-0.05, 0) is 6.92 Å². The monoisotopic (exact) mass is 293 g/mol. The highest BCUT2D eigenvalue weighted by Crippen LogP contribution is 2.31. The van der Waals surface area contributed by atoms with Gasteiger partial charge in [-0.2, -0.15) is 14.9 Å². The first kappa shape index (κ1) is 11.9. The van der Waals surface area contributed by atoms with Gasteiger partial charge >= 0.3 is 0 Å². The number of aromatic nitrogens is 4. The maximum absolute atomic E-state index is 12.6. The average molecular weight is 293 g/mol. The Morgan fingerprint density at radius 2 is 2.00 bits per heavy atom. The highest BCUT2D eigenvalue weighted by molar-refractivity contribution is 7.17. The van der Waals surface area contributed by atoms with Crippen LogP contribution in [0.1, 0.15) is 10.7 Å². The van der Waals surface area contributed by atoms with E-state index in [9.17, 15) is 10.1 Å². The van der Waals surface area contributed by atoms with Crippen molar-refractivity contribution in [2.45, 2.75) is 6.92 Å². The number of fused-ring (bicyclic) bond motifs is 4. The van der Waals surface area contributed by atoms with E-state index in [0.717, 1.165) is 16.7 Å². The first-order chi connectivity index (χ1) is 10.2. The van der Waals surface area contributed by atoms with Gasteiger partial charge in [0, 0.05) is 10.8 Å². The number of nitriles is 1. The van der Waals surface area contributed by atoms with Gasteiger partial charge in [-0.1, -0.05) is 35.6 Å². The van der Waals surface area contributed by atoms with Crippen LogP contribution in [-0.2, 0) is 0 Å². The average Bonchev–Trinajstić information content (AvgIpc) is 2.91. The molecule has 0 bridgehead atoms. The van der Waals surface area contributed by atoms with Crippen molar-refractivity contribution in [3.05, 3.63) is 45.2 Å². The second-order valence-electron chi connectivity index (χ2n) is 4.58. The van der Waals surface area contributed by atoms with Crippen LogP contribution in [0.3, 0.4) is 0 Å². The number of hydrogen-bond donors (Lipinski definition) is 0. The Morgan fingerprint density at radius 1 is 1.24 bits per heavy atom. The highest BCUT2D eigenvalue weighted by atomic mass is 32.1. The van der Waals surface area contributed by atoms with Gasteiger partial charge in [0.05, 0.1) is 5.56 Å². The van der Waals surface area contributed by atoms with E-state index in [1.54, 1.807) is 23.6 Å². The molecule has 1 aliphatic heterocycles. The zero-order valence-electron chi connectivity index (χ0n) is 10.9. The zero-order valence-corrected chi connectivity index (χ0v) is 11.7. The molecule has 1 aliphatic carbocycles. The number of benzene rings is 1. The lowest BCUT2D eigenvalue weighted by Crippen LogP contribution is -1.99. The fourth-order valence-corrected chi connectivity index (χ4v) is 3.28. The summed E-state index contributed by atoms with van der Waals surface area (Å²) in [4.78, 5) is 13.4. The van der Waals surface area contributed by atoms with Crippen molar-refractivity contribution in [2.75, 3.05) is 0 Å². The van der Waals surface area contributed by atoms with Crippen molar-refractivity contribution < 1.29 is 0 Å².